The van der Waals surface area contributed by atoms with E-state index in [1.807, 2.05) is 57.2 Å². The van der Waals surface area contributed by atoms with E-state index >= 15 is 0 Å². The summed E-state index contributed by atoms with van der Waals surface area (Å²) in [4.78, 5) is 54.1. The maximum absolute atomic E-state index is 13.2. The Morgan fingerprint density at radius 2 is 1.72 bits per heavy atom. The van der Waals surface area contributed by atoms with Crippen LogP contribution in [0.25, 0.3) is 0 Å². The minimum Gasteiger partial charge on any atom is -0.352 e. The second-order valence-corrected chi connectivity index (χ2v) is 9.08. The molecule has 0 aromatic heterocycles. The van der Waals surface area contributed by atoms with Gasteiger partial charge in [-0.3, -0.25) is 24.1 Å². The van der Waals surface area contributed by atoms with E-state index in [-0.39, 0.29) is 61.0 Å². The highest BCUT2D eigenvalue weighted by atomic mass is 16.2. The lowest BCUT2D eigenvalue weighted by Gasteiger charge is -2.30. The number of carbonyl (C=O) groups is 4. The topological polar surface area (TPSA) is 86.8 Å². The van der Waals surface area contributed by atoms with Crippen molar-refractivity contribution in [3.8, 4) is 0 Å². The van der Waals surface area contributed by atoms with Gasteiger partial charge in [-0.25, -0.2) is 0 Å². The lowest BCUT2D eigenvalue weighted by molar-refractivity contribution is -0.143. The molecule has 1 aromatic carbocycles. The van der Waals surface area contributed by atoms with Gasteiger partial charge < -0.3 is 10.2 Å². The molecule has 1 aliphatic carbocycles. The van der Waals surface area contributed by atoms with Gasteiger partial charge in [0.15, 0.2) is 0 Å². The van der Waals surface area contributed by atoms with Crippen LogP contribution in [-0.2, 0) is 25.7 Å². The number of nitrogens with zero attached hydrogens (tertiary/aromatic N) is 2. The monoisotopic (exact) mass is 439 g/mol. The Bertz CT molecular complexity index is 898. The summed E-state index contributed by atoms with van der Waals surface area (Å²) in [5.41, 5.74) is 1.99. The van der Waals surface area contributed by atoms with Crippen LogP contribution in [0.1, 0.15) is 51.2 Å². The van der Waals surface area contributed by atoms with E-state index in [4.69, 9.17) is 0 Å². The minimum absolute atomic E-state index is 0.00450. The van der Waals surface area contributed by atoms with Gasteiger partial charge in [0, 0.05) is 25.6 Å². The molecule has 1 aromatic rings. The Balaban J connectivity index is 1.72. The summed E-state index contributed by atoms with van der Waals surface area (Å²) >= 11 is 0. The van der Waals surface area contributed by atoms with Gasteiger partial charge in [0.2, 0.25) is 23.6 Å². The van der Waals surface area contributed by atoms with Gasteiger partial charge in [0.05, 0.1) is 11.8 Å². The molecule has 1 heterocycles. The predicted octanol–water partition coefficient (Wildman–Crippen LogP) is 2.58. The van der Waals surface area contributed by atoms with Crippen molar-refractivity contribution in [2.75, 3.05) is 6.54 Å². The molecule has 0 unspecified atom stereocenters. The minimum atomic E-state index is -0.679. The number of amides is 4. The van der Waals surface area contributed by atoms with Crippen LogP contribution in [0.5, 0.6) is 0 Å². The van der Waals surface area contributed by atoms with Crippen molar-refractivity contribution in [3.05, 3.63) is 47.5 Å². The Hall–Kier alpha value is -2.96. The highest BCUT2D eigenvalue weighted by molar-refractivity contribution is 6.05. The van der Waals surface area contributed by atoms with Crippen LogP contribution >= 0.6 is 0 Å². The average molecular weight is 440 g/mol. The molecule has 0 saturated carbocycles. The Labute approximate surface area is 189 Å². The highest BCUT2D eigenvalue weighted by Crippen LogP contribution is 2.35. The lowest BCUT2D eigenvalue weighted by Crippen LogP contribution is -2.49. The summed E-state index contributed by atoms with van der Waals surface area (Å²) in [5.74, 6) is -1.47. The number of aryl methyl sites for hydroxylation is 1. The number of likely N-dealkylation sites (tertiary alicyclic amines) is 1. The first-order valence-corrected chi connectivity index (χ1v) is 11.3. The first kappa shape index (κ1) is 23.7. The fourth-order valence-electron chi connectivity index (χ4n) is 4.44. The number of benzene rings is 1. The molecule has 32 heavy (non-hydrogen) atoms. The van der Waals surface area contributed by atoms with Crippen LogP contribution in [0.3, 0.4) is 0 Å². The zero-order chi connectivity index (χ0) is 23.4. The number of hydrogen-bond donors (Lipinski definition) is 1. The quantitative estimate of drug-likeness (QED) is 0.498. The molecule has 4 amide bonds. The SMILES string of the molecule is Cc1cccc(CN(C(=O)CCN2C(=O)[C@H]3CC=CC[C@H]3C2=O)[C@@H](C)C(=O)NC(C)C)c1. The van der Waals surface area contributed by atoms with Gasteiger partial charge in [-0.05, 0) is 46.1 Å². The van der Waals surface area contributed by atoms with Crippen molar-refractivity contribution in [2.45, 2.75) is 65.6 Å². The van der Waals surface area contributed by atoms with Crippen LogP contribution in [0.4, 0.5) is 0 Å². The predicted molar refractivity (Wildman–Crippen MR) is 121 cm³/mol. The van der Waals surface area contributed by atoms with Gasteiger partial charge in [0.1, 0.15) is 6.04 Å². The fourth-order valence-corrected chi connectivity index (χ4v) is 4.44. The van der Waals surface area contributed by atoms with Gasteiger partial charge >= 0.3 is 0 Å². The molecule has 1 fully saturated rings. The number of allylic oxidation sites excluding steroid dienone is 2. The number of imide groups is 1. The number of nitrogens with one attached hydrogen (secondary N) is 1. The molecule has 1 N–H and O–H groups in total. The second kappa shape index (κ2) is 10.1. The van der Waals surface area contributed by atoms with Crippen molar-refractivity contribution in [2.24, 2.45) is 11.8 Å². The molecule has 0 bridgehead atoms. The summed E-state index contributed by atoms with van der Waals surface area (Å²) in [6.07, 6.45) is 5.03. The lowest BCUT2D eigenvalue weighted by atomic mass is 9.85. The fraction of sp³-hybridized carbons (Fsp3) is 0.520. The number of fused-ring (bicyclic) bond motifs is 1. The Morgan fingerprint density at radius 1 is 1.09 bits per heavy atom. The molecule has 0 spiro atoms. The Morgan fingerprint density at radius 3 is 2.28 bits per heavy atom. The van der Waals surface area contributed by atoms with Gasteiger partial charge in [-0.1, -0.05) is 42.0 Å². The van der Waals surface area contributed by atoms with E-state index in [0.29, 0.717) is 12.8 Å². The first-order valence-electron chi connectivity index (χ1n) is 11.3. The van der Waals surface area contributed by atoms with E-state index in [2.05, 4.69) is 5.32 Å². The van der Waals surface area contributed by atoms with Crippen molar-refractivity contribution in [3.63, 3.8) is 0 Å². The normalized spacial score (nSPS) is 21.0. The van der Waals surface area contributed by atoms with Crippen LogP contribution < -0.4 is 5.32 Å². The van der Waals surface area contributed by atoms with Crippen molar-refractivity contribution >= 4 is 23.6 Å². The van der Waals surface area contributed by atoms with E-state index in [1.54, 1.807) is 6.92 Å². The average Bonchev–Trinajstić information content (AvgIpc) is 2.99. The third-order valence-corrected chi connectivity index (χ3v) is 6.18. The molecule has 1 saturated heterocycles. The summed E-state index contributed by atoms with van der Waals surface area (Å²) in [7, 11) is 0. The van der Waals surface area contributed by atoms with E-state index < -0.39 is 6.04 Å². The highest BCUT2D eigenvalue weighted by Gasteiger charge is 2.47. The maximum Gasteiger partial charge on any atom is 0.242 e. The third-order valence-electron chi connectivity index (χ3n) is 6.18. The van der Waals surface area contributed by atoms with E-state index in [0.717, 1.165) is 11.1 Å². The van der Waals surface area contributed by atoms with E-state index in [1.165, 1.54) is 9.80 Å². The molecular formula is C25H33N3O4. The number of carbonyl (C=O) groups excluding carboxylic acids is 4. The molecule has 3 atom stereocenters. The zero-order valence-corrected chi connectivity index (χ0v) is 19.3. The summed E-state index contributed by atoms with van der Waals surface area (Å²) in [5, 5.41) is 2.86. The Kier molecular flexibility index (Phi) is 7.48. The summed E-state index contributed by atoms with van der Waals surface area (Å²) in [6.45, 7) is 7.75. The summed E-state index contributed by atoms with van der Waals surface area (Å²) in [6, 6.07) is 7.08. The molecular weight excluding hydrogens is 406 g/mol. The standard InChI is InChI=1S/C25H33N3O4/c1-16(2)26-23(30)18(4)28(15-19-9-7-8-17(3)14-19)22(29)12-13-27-24(31)20-10-5-6-11-21(20)25(27)32/h5-9,14,16,18,20-21H,10-13,15H2,1-4H3,(H,26,30)/t18-,20-,21+/m0/s1. The van der Waals surface area contributed by atoms with Crippen molar-refractivity contribution < 1.29 is 19.2 Å². The van der Waals surface area contributed by atoms with Crippen LogP contribution in [0.15, 0.2) is 36.4 Å². The first-order chi connectivity index (χ1) is 15.2. The molecule has 7 heteroatoms. The molecule has 0 radical (unpaired) electrons. The van der Waals surface area contributed by atoms with Crippen LogP contribution in [0.2, 0.25) is 0 Å². The van der Waals surface area contributed by atoms with Crippen molar-refractivity contribution in [1.29, 1.82) is 0 Å². The summed E-state index contributed by atoms with van der Waals surface area (Å²) < 4.78 is 0. The van der Waals surface area contributed by atoms with Gasteiger partial charge in [0.25, 0.3) is 0 Å². The van der Waals surface area contributed by atoms with Crippen molar-refractivity contribution in [1.82, 2.24) is 15.1 Å². The third kappa shape index (κ3) is 5.26. The van der Waals surface area contributed by atoms with Crippen LogP contribution in [-0.4, -0.2) is 52.1 Å². The zero-order valence-electron chi connectivity index (χ0n) is 19.3. The second-order valence-electron chi connectivity index (χ2n) is 9.08. The van der Waals surface area contributed by atoms with Gasteiger partial charge in [-0.2, -0.15) is 0 Å². The number of hydrogen-bond acceptors (Lipinski definition) is 4. The maximum atomic E-state index is 13.2. The number of rotatable bonds is 8. The van der Waals surface area contributed by atoms with Crippen LogP contribution in [0, 0.1) is 18.8 Å². The molecule has 172 valence electrons. The molecule has 1 aliphatic heterocycles. The smallest absolute Gasteiger partial charge is 0.242 e. The molecule has 3 rings (SSSR count). The molecule has 7 nitrogen and oxygen atoms in total. The van der Waals surface area contributed by atoms with Gasteiger partial charge in [-0.15, -0.1) is 0 Å². The van der Waals surface area contributed by atoms with E-state index in [9.17, 15) is 19.2 Å². The molecule has 2 aliphatic rings. The largest absolute Gasteiger partial charge is 0.352 e.